The zero-order valence-corrected chi connectivity index (χ0v) is 24.2. The molecule has 0 bridgehead atoms. The molecule has 0 spiro atoms. The Balaban J connectivity index is 1.59. The van der Waals surface area contributed by atoms with Gasteiger partial charge in [-0.25, -0.2) is 9.78 Å². The van der Waals surface area contributed by atoms with Gasteiger partial charge in [0, 0.05) is 39.9 Å². The van der Waals surface area contributed by atoms with Crippen LogP contribution in [0.25, 0.3) is 22.3 Å². The summed E-state index contributed by atoms with van der Waals surface area (Å²) in [6.07, 6.45) is 1.31. The Hall–Kier alpha value is -5.08. The van der Waals surface area contributed by atoms with Gasteiger partial charge in [-0.15, -0.1) is 0 Å². The Kier molecular flexibility index (Phi) is 7.99. The number of hydrogen-bond acceptors (Lipinski definition) is 9. The minimum absolute atomic E-state index is 0.0731. The first-order chi connectivity index (χ1) is 20.1. The summed E-state index contributed by atoms with van der Waals surface area (Å²) in [4.78, 5) is 52.0. The molecule has 14 heteroatoms. The van der Waals surface area contributed by atoms with Crippen LogP contribution < -0.4 is 10.3 Å². The quantitative estimate of drug-likeness (QED) is 0.0614. The number of hydrogen-bond donors (Lipinski definition) is 0. The van der Waals surface area contributed by atoms with Gasteiger partial charge < -0.3 is 4.74 Å². The van der Waals surface area contributed by atoms with Crippen LogP contribution in [0.15, 0.2) is 104 Å². The second kappa shape index (κ2) is 11.8. The fraction of sp³-hybridized carbons (Fsp3) is 0. The summed E-state index contributed by atoms with van der Waals surface area (Å²) in [6, 6.07) is 20.4. The molecule has 0 unspecified atom stereocenters. The van der Waals surface area contributed by atoms with E-state index >= 15 is 0 Å². The van der Waals surface area contributed by atoms with Gasteiger partial charge in [-0.1, -0.05) is 28.1 Å². The first-order valence-corrected chi connectivity index (χ1v) is 13.5. The number of carbonyl (C=O) groups excluding carboxylic acids is 1. The van der Waals surface area contributed by atoms with Crippen LogP contribution >= 0.6 is 31.9 Å². The molecule has 4 aromatic carbocycles. The SMILES string of the molecule is O=C(Oc1c(Br)cc(Br)cc1C=Nn1c(-c2ccc([N+](=O)[O-])cc2)nc2ccccc2c1=O)c1ccc([N+](=O)[O-])cc1. The van der Waals surface area contributed by atoms with E-state index in [9.17, 15) is 29.8 Å². The van der Waals surface area contributed by atoms with Crippen LogP contribution in [0.5, 0.6) is 5.75 Å². The van der Waals surface area contributed by atoms with Crippen LogP contribution in [0.3, 0.4) is 0 Å². The molecule has 42 heavy (non-hydrogen) atoms. The summed E-state index contributed by atoms with van der Waals surface area (Å²) in [6.45, 7) is 0. The number of carbonyl (C=O) groups is 1. The van der Waals surface area contributed by atoms with E-state index in [1.807, 2.05) is 0 Å². The van der Waals surface area contributed by atoms with Gasteiger partial charge in [0.1, 0.15) is 0 Å². The second-order valence-corrected chi connectivity index (χ2v) is 10.4. The lowest BCUT2D eigenvalue weighted by Crippen LogP contribution is -2.20. The summed E-state index contributed by atoms with van der Waals surface area (Å²) in [5.41, 5.74) is 0.377. The van der Waals surface area contributed by atoms with E-state index in [2.05, 4.69) is 41.9 Å². The Labute approximate surface area is 252 Å². The van der Waals surface area contributed by atoms with Crippen LogP contribution in [-0.4, -0.2) is 31.7 Å². The van der Waals surface area contributed by atoms with Gasteiger partial charge in [-0.2, -0.15) is 9.78 Å². The predicted molar refractivity (Wildman–Crippen MR) is 161 cm³/mol. The molecule has 12 nitrogen and oxygen atoms in total. The standard InChI is InChI=1S/C28H15Br2N5O7/c29-19-13-18(25(23(30)14-19)42-28(37)17-7-11-21(12-8-17)35(40)41)15-31-33-26(16-5-9-20(10-6-16)34(38)39)32-24-4-2-1-3-22(24)27(33)36/h1-15H. The van der Waals surface area contributed by atoms with Gasteiger partial charge in [0.15, 0.2) is 11.6 Å². The number of ether oxygens (including phenoxy) is 1. The number of fused-ring (bicyclic) bond motifs is 1. The van der Waals surface area contributed by atoms with Gasteiger partial charge in [0.05, 0.1) is 37.0 Å². The summed E-state index contributed by atoms with van der Waals surface area (Å²) in [5.74, 6) is -0.578. The van der Waals surface area contributed by atoms with E-state index in [1.165, 1.54) is 54.7 Å². The van der Waals surface area contributed by atoms with Gasteiger partial charge in [-0.05, 0) is 64.5 Å². The highest BCUT2D eigenvalue weighted by Gasteiger charge is 2.18. The van der Waals surface area contributed by atoms with Crippen LogP contribution in [-0.2, 0) is 0 Å². The van der Waals surface area contributed by atoms with Crippen molar-refractivity contribution in [3.05, 3.63) is 136 Å². The lowest BCUT2D eigenvalue weighted by atomic mass is 10.1. The molecule has 0 saturated heterocycles. The van der Waals surface area contributed by atoms with Gasteiger partial charge in [0.2, 0.25) is 0 Å². The maximum absolute atomic E-state index is 13.5. The minimum atomic E-state index is -0.779. The third kappa shape index (κ3) is 5.84. The number of nitro benzene ring substituents is 2. The molecule has 208 valence electrons. The van der Waals surface area contributed by atoms with Crippen molar-refractivity contribution < 1.29 is 19.4 Å². The molecule has 1 aromatic heterocycles. The lowest BCUT2D eigenvalue weighted by Gasteiger charge is -2.12. The molecule has 5 rings (SSSR count). The van der Waals surface area contributed by atoms with E-state index < -0.39 is 21.4 Å². The largest absolute Gasteiger partial charge is 0.421 e. The molecule has 0 aliphatic carbocycles. The number of non-ortho nitro benzene ring substituents is 2. The zero-order valence-electron chi connectivity index (χ0n) is 21.0. The van der Waals surface area contributed by atoms with Crippen LogP contribution in [0.4, 0.5) is 11.4 Å². The van der Waals surface area contributed by atoms with Crippen molar-refractivity contribution in [3.63, 3.8) is 0 Å². The number of para-hydroxylation sites is 1. The highest BCUT2D eigenvalue weighted by atomic mass is 79.9. The van der Waals surface area contributed by atoms with E-state index in [4.69, 9.17) is 4.74 Å². The predicted octanol–water partition coefficient (Wildman–Crippen LogP) is 6.51. The smallest absolute Gasteiger partial charge is 0.343 e. The molecule has 0 radical (unpaired) electrons. The van der Waals surface area contributed by atoms with Crippen molar-refractivity contribution in [3.8, 4) is 17.1 Å². The first kappa shape index (κ1) is 28.4. The third-order valence-electron chi connectivity index (χ3n) is 5.95. The number of halogens is 2. The maximum atomic E-state index is 13.5. The number of aromatic nitrogens is 2. The van der Waals surface area contributed by atoms with Gasteiger partial charge in [-0.3, -0.25) is 25.0 Å². The Morgan fingerprint density at radius 3 is 2.17 bits per heavy atom. The monoisotopic (exact) mass is 691 g/mol. The Morgan fingerprint density at radius 1 is 0.905 bits per heavy atom. The first-order valence-electron chi connectivity index (χ1n) is 11.9. The summed E-state index contributed by atoms with van der Waals surface area (Å²) in [7, 11) is 0. The highest BCUT2D eigenvalue weighted by Crippen LogP contribution is 2.33. The molecule has 0 aliphatic heterocycles. The van der Waals surface area contributed by atoms with Crippen molar-refractivity contribution in [2.45, 2.75) is 0 Å². The van der Waals surface area contributed by atoms with E-state index in [1.54, 1.807) is 36.4 Å². The molecule has 0 saturated carbocycles. The number of esters is 1. The average Bonchev–Trinajstić information content (AvgIpc) is 2.98. The fourth-order valence-electron chi connectivity index (χ4n) is 3.92. The zero-order chi connectivity index (χ0) is 30.0. The fourth-order valence-corrected chi connectivity index (χ4v) is 5.26. The van der Waals surface area contributed by atoms with Crippen molar-refractivity contribution >= 4 is 66.3 Å². The molecule has 0 aliphatic rings. The summed E-state index contributed by atoms with van der Waals surface area (Å²) in [5, 5.41) is 26.8. The molecule has 0 atom stereocenters. The molecule has 0 N–H and O–H groups in total. The number of rotatable bonds is 7. The summed E-state index contributed by atoms with van der Waals surface area (Å²) < 4.78 is 7.66. The Morgan fingerprint density at radius 2 is 1.52 bits per heavy atom. The second-order valence-electron chi connectivity index (χ2n) is 8.62. The van der Waals surface area contributed by atoms with Crippen molar-refractivity contribution in [2.75, 3.05) is 0 Å². The number of nitrogens with zero attached hydrogens (tertiary/aromatic N) is 5. The molecular formula is C28H15Br2N5O7. The lowest BCUT2D eigenvalue weighted by molar-refractivity contribution is -0.385. The van der Waals surface area contributed by atoms with Crippen molar-refractivity contribution in [1.29, 1.82) is 0 Å². The molecule has 0 amide bonds. The van der Waals surface area contributed by atoms with Crippen molar-refractivity contribution in [1.82, 2.24) is 9.66 Å². The number of benzene rings is 4. The van der Waals surface area contributed by atoms with Gasteiger partial charge in [0.25, 0.3) is 16.9 Å². The van der Waals surface area contributed by atoms with E-state index in [0.717, 1.165) is 4.68 Å². The molecule has 5 aromatic rings. The van der Waals surface area contributed by atoms with E-state index in [0.29, 0.717) is 31.0 Å². The van der Waals surface area contributed by atoms with Crippen LogP contribution in [0.1, 0.15) is 15.9 Å². The van der Waals surface area contributed by atoms with Crippen molar-refractivity contribution in [2.24, 2.45) is 5.10 Å². The summed E-state index contributed by atoms with van der Waals surface area (Å²) >= 11 is 6.77. The van der Waals surface area contributed by atoms with Crippen LogP contribution in [0.2, 0.25) is 0 Å². The Bertz CT molecular complexity index is 1970. The van der Waals surface area contributed by atoms with Gasteiger partial charge >= 0.3 is 5.97 Å². The third-order valence-corrected chi connectivity index (χ3v) is 6.99. The topological polar surface area (TPSA) is 160 Å². The van der Waals surface area contributed by atoms with E-state index in [-0.39, 0.29) is 28.5 Å². The number of nitro groups is 2. The highest BCUT2D eigenvalue weighted by molar-refractivity contribution is 9.11. The normalized spacial score (nSPS) is 11.1. The average molecular weight is 693 g/mol. The molecular weight excluding hydrogens is 678 g/mol. The maximum Gasteiger partial charge on any atom is 0.343 e. The molecule has 1 heterocycles. The minimum Gasteiger partial charge on any atom is -0.421 e. The van der Waals surface area contributed by atoms with Crippen LogP contribution in [0, 0.1) is 20.2 Å². The molecule has 0 fully saturated rings.